The van der Waals surface area contributed by atoms with Crippen LogP contribution in [0.2, 0.25) is 5.02 Å². The number of rotatable bonds is 5. The summed E-state index contributed by atoms with van der Waals surface area (Å²) in [5, 5.41) is 3.50. The number of carbonyl (C=O) groups excluding carboxylic acids is 1. The third kappa shape index (κ3) is 4.10. The van der Waals surface area contributed by atoms with Crippen LogP contribution < -0.4 is 10.1 Å². The van der Waals surface area contributed by atoms with E-state index in [1.165, 1.54) is 0 Å². The highest BCUT2D eigenvalue weighted by atomic mass is 35.5. The van der Waals surface area contributed by atoms with Crippen molar-refractivity contribution in [1.29, 1.82) is 0 Å². The van der Waals surface area contributed by atoms with Gasteiger partial charge in [0.15, 0.2) is 6.61 Å². The number of imidazole rings is 1. The topological polar surface area (TPSA) is 56.1 Å². The van der Waals surface area contributed by atoms with Gasteiger partial charge in [-0.25, -0.2) is 4.98 Å². The lowest BCUT2D eigenvalue weighted by atomic mass is 10.2. The molecule has 0 saturated heterocycles. The zero-order chi connectivity index (χ0) is 20.4. The predicted octanol–water partition coefficient (Wildman–Crippen LogP) is 5.31. The molecule has 4 aromatic rings. The maximum atomic E-state index is 12.3. The van der Waals surface area contributed by atoms with Crippen LogP contribution in [-0.2, 0) is 4.79 Å². The summed E-state index contributed by atoms with van der Waals surface area (Å²) < 4.78 is 7.69. The molecule has 1 amide bonds. The molecule has 1 heterocycles. The third-order valence-corrected chi connectivity index (χ3v) is 4.85. The average molecular weight is 406 g/mol. The fraction of sp³-hybridized carbons (Fsp3) is 0.130. The number of carbonyl (C=O) groups is 1. The number of fused-ring (bicyclic) bond motifs is 1. The van der Waals surface area contributed by atoms with Crippen molar-refractivity contribution in [2.45, 2.75) is 13.8 Å². The number of hydrogen-bond donors (Lipinski definition) is 1. The number of amides is 1. The Hall–Kier alpha value is -3.31. The molecule has 0 spiro atoms. The normalized spacial score (nSPS) is 10.9. The highest BCUT2D eigenvalue weighted by Crippen LogP contribution is 2.24. The number of aromatic nitrogens is 2. The van der Waals surface area contributed by atoms with Crippen LogP contribution in [0.25, 0.3) is 16.7 Å². The molecule has 29 heavy (non-hydrogen) atoms. The number of nitrogens with one attached hydrogen (secondary N) is 1. The Labute approximate surface area is 173 Å². The number of aryl methyl sites for hydroxylation is 2. The van der Waals surface area contributed by atoms with Crippen LogP contribution in [0.5, 0.6) is 5.75 Å². The van der Waals surface area contributed by atoms with E-state index in [9.17, 15) is 4.79 Å². The second-order valence-electron chi connectivity index (χ2n) is 6.78. The molecule has 6 heteroatoms. The number of hydrogen-bond acceptors (Lipinski definition) is 3. The summed E-state index contributed by atoms with van der Waals surface area (Å²) in [6.07, 6.45) is 0. The molecule has 5 nitrogen and oxygen atoms in total. The van der Waals surface area contributed by atoms with Gasteiger partial charge >= 0.3 is 0 Å². The second-order valence-corrected chi connectivity index (χ2v) is 7.22. The summed E-state index contributed by atoms with van der Waals surface area (Å²) in [6.45, 7) is 3.77. The van der Waals surface area contributed by atoms with Crippen LogP contribution in [0.4, 0.5) is 5.69 Å². The van der Waals surface area contributed by atoms with E-state index in [1.807, 2.05) is 62.4 Å². The van der Waals surface area contributed by atoms with E-state index in [-0.39, 0.29) is 12.5 Å². The summed E-state index contributed by atoms with van der Waals surface area (Å²) in [4.78, 5) is 16.9. The van der Waals surface area contributed by atoms with Crippen molar-refractivity contribution in [2.75, 3.05) is 11.9 Å². The number of nitrogens with zero attached hydrogens (tertiary/aromatic N) is 2. The van der Waals surface area contributed by atoms with E-state index >= 15 is 0 Å². The molecule has 0 bridgehead atoms. The van der Waals surface area contributed by atoms with Gasteiger partial charge < -0.3 is 10.1 Å². The third-order valence-electron chi connectivity index (χ3n) is 4.62. The van der Waals surface area contributed by atoms with E-state index in [1.54, 1.807) is 18.2 Å². The Morgan fingerprint density at radius 3 is 2.62 bits per heavy atom. The number of para-hydroxylation sites is 1. The van der Waals surface area contributed by atoms with Crippen LogP contribution in [0.15, 0.2) is 66.7 Å². The molecular formula is C23H20ClN3O2. The van der Waals surface area contributed by atoms with Gasteiger partial charge in [-0.2, -0.15) is 0 Å². The average Bonchev–Trinajstić information content (AvgIpc) is 3.03. The summed E-state index contributed by atoms with van der Waals surface area (Å²) in [6, 6.07) is 21.1. The molecule has 0 aliphatic heterocycles. The van der Waals surface area contributed by atoms with Crippen molar-refractivity contribution in [1.82, 2.24) is 9.55 Å². The zero-order valence-corrected chi connectivity index (χ0v) is 16.9. The van der Waals surface area contributed by atoms with Crippen molar-refractivity contribution < 1.29 is 9.53 Å². The minimum absolute atomic E-state index is 0.0853. The van der Waals surface area contributed by atoms with Gasteiger partial charge in [0.25, 0.3) is 5.91 Å². The summed E-state index contributed by atoms with van der Waals surface area (Å²) in [5.41, 5.74) is 4.42. The number of anilines is 1. The molecule has 0 atom stereocenters. The van der Waals surface area contributed by atoms with Crippen molar-refractivity contribution in [3.05, 3.63) is 83.1 Å². The van der Waals surface area contributed by atoms with Gasteiger partial charge in [-0.05, 0) is 67.9 Å². The Balaban J connectivity index is 1.49. The van der Waals surface area contributed by atoms with Crippen LogP contribution in [0.1, 0.15) is 11.4 Å². The maximum Gasteiger partial charge on any atom is 0.262 e. The predicted molar refractivity (Wildman–Crippen MR) is 116 cm³/mol. The van der Waals surface area contributed by atoms with E-state index < -0.39 is 0 Å². The van der Waals surface area contributed by atoms with Crippen molar-refractivity contribution in [3.63, 3.8) is 0 Å². The smallest absolute Gasteiger partial charge is 0.262 e. The van der Waals surface area contributed by atoms with Gasteiger partial charge in [-0.1, -0.05) is 29.8 Å². The molecular weight excluding hydrogens is 386 g/mol. The highest BCUT2D eigenvalue weighted by molar-refractivity contribution is 6.30. The highest BCUT2D eigenvalue weighted by Gasteiger charge is 2.11. The Morgan fingerprint density at radius 1 is 1.07 bits per heavy atom. The minimum Gasteiger partial charge on any atom is -0.483 e. The monoisotopic (exact) mass is 405 g/mol. The lowest BCUT2D eigenvalue weighted by Crippen LogP contribution is -2.20. The van der Waals surface area contributed by atoms with Crippen LogP contribution in [0.3, 0.4) is 0 Å². The summed E-state index contributed by atoms with van der Waals surface area (Å²) >= 11 is 5.94. The molecule has 0 fully saturated rings. The summed E-state index contributed by atoms with van der Waals surface area (Å²) in [7, 11) is 0. The molecule has 0 radical (unpaired) electrons. The van der Waals surface area contributed by atoms with Crippen LogP contribution in [-0.4, -0.2) is 22.1 Å². The zero-order valence-electron chi connectivity index (χ0n) is 16.1. The second kappa shape index (κ2) is 7.97. The van der Waals surface area contributed by atoms with E-state index in [2.05, 4.69) is 14.9 Å². The SMILES string of the molecule is Cc1cc(Cl)ccc1OCC(=O)Nc1ccc2c(c1)nc(C)n2-c1ccccc1. The fourth-order valence-corrected chi connectivity index (χ4v) is 3.52. The van der Waals surface area contributed by atoms with Crippen LogP contribution in [0, 0.1) is 13.8 Å². The Morgan fingerprint density at radius 2 is 1.86 bits per heavy atom. The Bertz CT molecular complexity index is 1190. The minimum atomic E-state index is -0.238. The quantitative estimate of drug-likeness (QED) is 0.489. The lowest BCUT2D eigenvalue weighted by Gasteiger charge is -2.10. The number of halogens is 1. The van der Waals surface area contributed by atoms with Gasteiger partial charge in [0.05, 0.1) is 11.0 Å². The standard InChI is InChI=1S/C23H20ClN3O2/c1-15-12-17(24)8-11-22(15)29-14-23(28)26-18-9-10-21-20(13-18)25-16(2)27(21)19-6-4-3-5-7-19/h3-13H,14H2,1-2H3,(H,26,28). The molecule has 0 unspecified atom stereocenters. The molecule has 0 aliphatic rings. The fourth-order valence-electron chi connectivity index (χ4n) is 3.30. The first-order valence-corrected chi connectivity index (χ1v) is 9.62. The van der Waals surface area contributed by atoms with Gasteiger partial charge in [0.2, 0.25) is 0 Å². The van der Waals surface area contributed by atoms with Gasteiger partial charge in [-0.15, -0.1) is 0 Å². The van der Waals surface area contributed by atoms with Crippen molar-refractivity contribution >= 4 is 34.2 Å². The largest absolute Gasteiger partial charge is 0.483 e. The molecule has 0 saturated carbocycles. The number of benzene rings is 3. The van der Waals surface area contributed by atoms with Gasteiger partial charge in [0.1, 0.15) is 11.6 Å². The molecule has 3 aromatic carbocycles. The first-order valence-electron chi connectivity index (χ1n) is 9.24. The van der Waals surface area contributed by atoms with Crippen molar-refractivity contribution in [2.24, 2.45) is 0 Å². The maximum absolute atomic E-state index is 12.3. The van der Waals surface area contributed by atoms with Gasteiger partial charge in [-0.3, -0.25) is 9.36 Å². The first-order chi connectivity index (χ1) is 14.0. The first kappa shape index (κ1) is 19.0. The molecule has 0 aliphatic carbocycles. The molecule has 1 aromatic heterocycles. The van der Waals surface area contributed by atoms with Crippen molar-refractivity contribution in [3.8, 4) is 11.4 Å². The Kier molecular flexibility index (Phi) is 5.23. The van der Waals surface area contributed by atoms with Crippen LogP contribution >= 0.6 is 11.6 Å². The molecule has 146 valence electrons. The summed E-state index contributed by atoms with van der Waals surface area (Å²) in [5.74, 6) is 1.28. The lowest BCUT2D eigenvalue weighted by molar-refractivity contribution is -0.118. The molecule has 4 rings (SSSR count). The number of ether oxygens (including phenoxy) is 1. The van der Waals surface area contributed by atoms with E-state index in [0.717, 1.165) is 28.1 Å². The molecule has 1 N–H and O–H groups in total. The van der Waals surface area contributed by atoms with E-state index in [0.29, 0.717) is 16.5 Å². The van der Waals surface area contributed by atoms with Gasteiger partial charge in [0, 0.05) is 16.4 Å². The van der Waals surface area contributed by atoms with E-state index in [4.69, 9.17) is 16.3 Å².